The van der Waals surface area contributed by atoms with Crippen LogP contribution in [0, 0.1) is 0 Å². The Labute approximate surface area is 214 Å². The third-order valence-corrected chi connectivity index (χ3v) is 6.59. The Kier molecular flexibility index (Phi) is 7.24. The minimum Gasteiger partial charge on any atom is -0.494 e. The van der Waals surface area contributed by atoms with Crippen molar-refractivity contribution >= 4 is 34.3 Å². The second-order valence-electron chi connectivity index (χ2n) is 8.08. The van der Waals surface area contributed by atoms with Crippen LogP contribution in [-0.2, 0) is 4.79 Å². The van der Waals surface area contributed by atoms with Crippen LogP contribution in [0.2, 0.25) is 0 Å². The molecule has 0 fully saturated rings. The highest BCUT2D eigenvalue weighted by atomic mass is 32.2. The Bertz CT molecular complexity index is 1490. The van der Waals surface area contributed by atoms with Crippen LogP contribution in [0.1, 0.15) is 6.92 Å². The molecule has 0 aliphatic heterocycles. The third kappa shape index (κ3) is 5.39. The molecule has 0 bridgehead atoms. The Morgan fingerprint density at radius 2 is 1.53 bits per heavy atom. The molecule has 0 aliphatic rings. The minimum atomic E-state index is -0.0997. The Hall–Kier alpha value is -4.16. The van der Waals surface area contributed by atoms with Crippen molar-refractivity contribution in [1.29, 1.82) is 0 Å². The van der Waals surface area contributed by atoms with Gasteiger partial charge in [-0.1, -0.05) is 90.6 Å². The van der Waals surface area contributed by atoms with Crippen molar-refractivity contribution in [1.82, 2.24) is 9.97 Å². The third-order valence-electron chi connectivity index (χ3n) is 5.60. The largest absolute Gasteiger partial charge is 0.494 e. The number of hydrogen-bond acceptors (Lipinski definition) is 5. The summed E-state index contributed by atoms with van der Waals surface area (Å²) < 4.78 is 5.70. The Balaban J connectivity index is 1.42. The van der Waals surface area contributed by atoms with E-state index in [-0.39, 0.29) is 11.7 Å². The first-order chi connectivity index (χ1) is 17.7. The van der Waals surface area contributed by atoms with Gasteiger partial charge in [-0.05, 0) is 36.8 Å². The molecule has 6 heteroatoms. The fraction of sp³-hybridized carbons (Fsp3) is 0.100. The lowest BCUT2D eigenvalue weighted by molar-refractivity contribution is -0.113. The lowest BCUT2D eigenvalue weighted by atomic mass is 10.0. The van der Waals surface area contributed by atoms with Gasteiger partial charge in [-0.3, -0.25) is 4.79 Å². The molecule has 1 amide bonds. The van der Waals surface area contributed by atoms with Crippen molar-refractivity contribution in [3.05, 3.63) is 103 Å². The van der Waals surface area contributed by atoms with Crippen LogP contribution < -0.4 is 10.1 Å². The molecule has 0 aliphatic carbocycles. The van der Waals surface area contributed by atoms with Gasteiger partial charge >= 0.3 is 0 Å². The minimum absolute atomic E-state index is 0.0997. The first-order valence-electron chi connectivity index (χ1n) is 11.8. The SMILES string of the molecule is CCOc1ccc2nc(-c3ccccc3)nc(SCC(=O)Nc3ccccc3-c3ccccc3)c2c1. The number of amides is 1. The Morgan fingerprint density at radius 3 is 2.28 bits per heavy atom. The predicted molar refractivity (Wildman–Crippen MR) is 147 cm³/mol. The number of ether oxygens (including phenoxy) is 1. The number of benzene rings is 4. The number of thioether (sulfide) groups is 1. The number of anilines is 1. The lowest BCUT2D eigenvalue weighted by Crippen LogP contribution is -2.15. The molecule has 0 spiro atoms. The van der Waals surface area contributed by atoms with E-state index in [1.807, 2.05) is 110 Å². The molecule has 1 aromatic heterocycles. The molecule has 1 heterocycles. The van der Waals surface area contributed by atoms with E-state index in [0.717, 1.165) is 44.1 Å². The van der Waals surface area contributed by atoms with E-state index in [1.54, 1.807) is 0 Å². The maximum atomic E-state index is 13.0. The molecule has 5 nitrogen and oxygen atoms in total. The average molecular weight is 492 g/mol. The van der Waals surface area contributed by atoms with Crippen LogP contribution in [-0.4, -0.2) is 28.2 Å². The van der Waals surface area contributed by atoms with Gasteiger partial charge in [0.15, 0.2) is 5.82 Å². The van der Waals surface area contributed by atoms with Crippen LogP contribution in [0.3, 0.4) is 0 Å². The number of carbonyl (C=O) groups excluding carboxylic acids is 1. The van der Waals surface area contributed by atoms with Gasteiger partial charge in [0.1, 0.15) is 10.8 Å². The maximum absolute atomic E-state index is 13.0. The smallest absolute Gasteiger partial charge is 0.234 e. The summed E-state index contributed by atoms with van der Waals surface area (Å²) >= 11 is 1.40. The van der Waals surface area contributed by atoms with Crippen LogP contribution in [0.4, 0.5) is 5.69 Å². The number of carbonyl (C=O) groups is 1. The van der Waals surface area contributed by atoms with E-state index in [0.29, 0.717) is 12.4 Å². The monoisotopic (exact) mass is 491 g/mol. The van der Waals surface area contributed by atoms with Crippen LogP contribution in [0.5, 0.6) is 5.75 Å². The first kappa shape index (κ1) is 23.6. The van der Waals surface area contributed by atoms with E-state index in [1.165, 1.54) is 11.8 Å². The maximum Gasteiger partial charge on any atom is 0.234 e. The first-order valence-corrected chi connectivity index (χ1v) is 12.8. The van der Waals surface area contributed by atoms with E-state index >= 15 is 0 Å². The molecule has 5 rings (SSSR count). The molecule has 36 heavy (non-hydrogen) atoms. The van der Waals surface area contributed by atoms with Crippen molar-refractivity contribution in [2.24, 2.45) is 0 Å². The summed E-state index contributed by atoms with van der Waals surface area (Å²) in [5.41, 5.74) is 4.56. The van der Waals surface area contributed by atoms with Crippen molar-refractivity contribution in [2.75, 3.05) is 17.7 Å². The van der Waals surface area contributed by atoms with Crippen LogP contribution >= 0.6 is 11.8 Å². The highest BCUT2D eigenvalue weighted by Gasteiger charge is 2.14. The van der Waals surface area contributed by atoms with Crippen molar-refractivity contribution in [3.8, 4) is 28.3 Å². The van der Waals surface area contributed by atoms with Crippen LogP contribution in [0.25, 0.3) is 33.4 Å². The molecule has 0 saturated carbocycles. The number of nitrogens with one attached hydrogen (secondary N) is 1. The predicted octanol–water partition coefficient (Wildman–Crippen LogP) is 7.09. The molecule has 178 valence electrons. The zero-order chi connectivity index (χ0) is 24.7. The summed E-state index contributed by atoms with van der Waals surface area (Å²) in [5, 5.41) is 4.68. The van der Waals surface area contributed by atoms with E-state index in [4.69, 9.17) is 14.7 Å². The molecule has 4 aromatic carbocycles. The molecule has 0 radical (unpaired) electrons. The van der Waals surface area contributed by atoms with Gasteiger partial charge in [0.05, 0.1) is 17.9 Å². The van der Waals surface area contributed by atoms with Gasteiger partial charge < -0.3 is 10.1 Å². The van der Waals surface area contributed by atoms with Gasteiger partial charge in [-0.15, -0.1) is 0 Å². The number of nitrogens with zero attached hydrogens (tertiary/aromatic N) is 2. The summed E-state index contributed by atoms with van der Waals surface area (Å²) in [6, 6.07) is 33.5. The van der Waals surface area contributed by atoms with E-state index in [9.17, 15) is 4.79 Å². The summed E-state index contributed by atoms with van der Waals surface area (Å²) in [4.78, 5) is 22.6. The summed E-state index contributed by atoms with van der Waals surface area (Å²) in [7, 11) is 0. The fourth-order valence-electron chi connectivity index (χ4n) is 3.94. The number of fused-ring (bicyclic) bond motifs is 1. The van der Waals surface area contributed by atoms with Gasteiger partial charge in [0.25, 0.3) is 0 Å². The normalized spacial score (nSPS) is 10.8. The fourth-order valence-corrected chi connectivity index (χ4v) is 4.75. The quantitative estimate of drug-likeness (QED) is 0.185. The van der Waals surface area contributed by atoms with Gasteiger partial charge in [-0.2, -0.15) is 0 Å². The van der Waals surface area contributed by atoms with Gasteiger partial charge in [0, 0.05) is 22.2 Å². The van der Waals surface area contributed by atoms with Crippen molar-refractivity contribution < 1.29 is 9.53 Å². The highest BCUT2D eigenvalue weighted by Crippen LogP contribution is 2.32. The molecular formula is C30H25N3O2S. The zero-order valence-electron chi connectivity index (χ0n) is 19.8. The van der Waals surface area contributed by atoms with E-state index < -0.39 is 0 Å². The number of para-hydroxylation sites is 1. The summed E-state index contributed by atoms with van der Waals surface area (Å²) in [6.45, 7) is 2.52. The van der Waals surface area contributed by atoms with Crippen molar-refractivity contribution in [2.45, 2.75) is 11.9 Å². The lowest BCUT2D eigenvalue weighted by Gasteiger charge is -2.12. The second-order valence-corrected chi connectivity index (χ2v) is 9.04. The molecule has 0 saturated heterocycles. The second kappa shape index (κ2) is 11.1. The molecule has 0 unspecified atom stereocenters. The topological polar surface area (TPSA) is 64.1 Å². The highest BCUT2D eigenvalue weighted by molar-refractivity contribution is 8.00. The van der Waals surface area contributed by atoms with Gasteiger partial charge in [0.2, 0.25) is 5.91 Å². The molecule has 1 N–H and O–H groups in total. The zero-order valence-corrected chi connectivity index (χ0v) is 20.7. The van der Waals surface area contributed by atoms with E-state index in [2.05, 4.69) is 5.32 Å². The molecular weight excluding hydrogens is 466 g/mol. The standard InChI is InChI=1S/C30H25N3O2S/c1-2-35-23-17-18-27-25(19-23)30(33-29(32-27)22-13-7-4-8-14-22)36-20-28(34)31-26-16-10-9-15-24(26)21-11-5-3-6-12-21/h3-19H,2,20H2,1H3,(H,31,34). The Morgan fingerprint density at radius 1 is 0.833 bits per heavy atom. The average Bonchev–Trinajstić information content (AvgIpc) is 2.93. The number of aromatic nitrogens is 2. The van der Waals surface area contributed by atoms with Crippen LogP contribution in [0.15, 0.2) is 108 Å². The molecule has 5 aromatic rings. The summed E-state index contributed by atoms with van der Waals surface area (Å²) in [6.07, 6.45) is 0. The molecule has 0 atom stereocenters. The number of hydrogen-bond donors (Lipinski definition) is 1. The summed E-state index contributed by atoms with van der Waals surface area (Å²) in [5.74, 6) is 1.49. The van der Waals surface area contributed by atoms with Crippen molar-refractivity contribution in [3.63, 3.8) is 0 Å². The number of rotatable bonds is 8. The van der Waals surface area contributed by atoms with Gasteiger partial charge in [-0.25, -0.2) is 9.97 Å².